The Morgan fingerprint density at radius 3 is 2.85 bits per heavy atom. The first-order valence-corrected chi connectivity index (χ1v) is 6.52. The van der Waals surface area contributed by atoms with E-state index in [0.29, 0.717) is 31.0 Å². The predicted molar refractivity (Wildman–Crippen MR) is 68.6 cm³/mol. The number of hydrogen-bond acceptors (Lipinski definition) is 4. The van der Waals surface area contributed by atoms with Crippen LogP contribution in [0.5, 0.6) is 11.5 Å². The molecule has 0 aliphatic carbocycles. The minimum absolute atomic E-state index is 0.0485. The van der Waals surface area contributed by atoms with Gasteiger partial charge in [0.05, 0.1) is 12.3 Å². The van der Waals surface area contributed by atoms with Crippen LogP contribution in [0.4, 0.5) is 0 Å². The summed E-state index contributed by atoms with van der Waals surface area (Å²) in [5, 5.41) is 8.94. The Bertz CT molecular complexity index is 556. The molecule has 1 fully saturated rings. The van der Waals surface area contributed by atoms with Gasteiger partial charge in [-0.15, -0.1) is 0 Å². The number of hydrogen-bond donors (Lipinski definition) is 1. The molecule has 1 amide bonds. The van der Waals surface area contributed by atoms with Crippen LogP contribution in [-0.4, -0.2) is 41.8 Å². The van der Waals surface area contributed by atoms with Crippen LogP contribution in [0, 0.1) is 5.92 Å². The molecule has 20 heavy (non-hydrogen) atoms. The second-order valence-electron chi connectivity index (χ2n) is 5.03. The molecule has 0 unspecified atom stereocenters. The van der Waals surface area contributed by atoms with Crippen LogP contribution in [0.1, 0.15) is 12.0 Å². The summed E-state index contributed by atoms with van der Waals surface area (Å²) in [6.07, 6.45) is 0.783. The number of carbonyl (C=O) groups excluding carboxylic acids is 1. The number of amides is 1. The van der Waals surface area contributed by atoms with E-state index in [-0.39, 0.29) is 19.1 Å². The third kappa shape index (κ3) is 2.41. The molecule has 106 valence electrons. The van der Waals surface area contributed by atoms with Crippen LogP contribution in [-0.2, 0) is 16.0 Å². The summed E-state index contributed by atoms with van der Waals surface area (Å²) < 4.78 is 10.5. The minimum Gasteiger partial charge on any atom is -0.481 e. The zero-order valence-corrected chi connectivity index (χ0v) is 10.9. The summed E-state index contributed by atoms with van der Waals surface area (Å²) in [5.41, 5.74) is 0.845. The zero-order valence-electron chi connectivity index (χ0n) is 10.9. The normalized spacial score (nSPS) is 20.2. The van der Waals surface area contributed by atoms with Crippen molar-refractivity contribution in [2.75, 3.05) is 19.9 Å². The van der Waals surface area contributed by atoms with E-state index >= 15 is 0 Å². The van der Waals surface area contributed by atoms with E-state index in [9.17, 15) is 9.59 Å². The predicted octanol–water partition coefficient (Wildman–Crippen LogP) is 0.891. The van der Waals surface area contributed by atoms with Crippen LogP contribution >= 0.6 is 0 Å². The van der Waals surface area contributed by atoms with E-state index < -0.39 is 11.9 Å². The maximum atomic E-state index is 12.1. The van der Waals surface area contributed by atoms with Crippen LogP contribution in [0.3, 0.4) is 0 Å². The van der Waals surface area contributed by atoms with Crippen molar-refractivity contribution in [2.24, 2.45) is 5.92 Å². The van der Waals surface area contributed by atoms with E-state index in [4.69, 9.17) is 14.6 Å². The number of rotatable bonds is 3. The Labute approximate surface area is 115 Å². The number of carboxylic acid groups (broad SMARTS) is 1. The smallest absolute Gasteiger partial charge is 0.308 e. The summed E-state index contributed by atoms with van der Waals surface area (Å²) >= 11 is 0. The first-order chi connectivity index (χ1) is 9.63. The molecule has 6 nitrogen and oxygen atoms in total. The molecule has 6 heteroatoms. The van der Waals surface area contributed by atoms with Gasteiger partial charge in [-0.1, -0.05) is 6.07 Å². The van der Waals surface area contributed by atoms with Gasteiger partial charge in [0, 0.05) is 13.1 Å². The summed E-state index contributed by atoms with van der Waals surface area (Å²) in [6, 6.07) is 5.41. The lowest BCUT2D eigenvalue weighted by molar-refractivity contribution is -0.141. The number of fused-ring (bicyclic) bond motifs is 1. The lowest BCUT2D eigenvalue weighted by Crippen LogP contribution is -2.31. The van der Waals surface area contributed by atoms with Crippen molar-refractivity contribution in [2.45, 2.75) is 12.8 Å². The van der Waals surface area contributed by atoms with E-state index in [1.165, 1.54) is 0 Å². The summed E-state index contributed by atoms with van der Waals surface area (Å²) in [6.45, 7) is 1.03. The molecule has 1 N–H and O–H groups in total. The lowest BCUT2D eigenvalue weighted by Gasteiger charge is -2.15. The fourth-order valence-electron chi connectivity index (χ4n) is 2.53. The Hall–Kier alpha value is -2.24. The molecule has 1 saturated heterocycles. The molecule has 2 heterocycles. The Balaban J connectivity index is 1.63. The first kappa shape index (κ1) is 12.8. The number of carboxylic acids is 1. The highest BCUT2D eigenvalue weighted by atomic mass is 16.7. The van der Waals surface area contributed by atoms with Crippen LogP contribution in [0.25, 0.3) is 0 Å². The highest BCUT2D eigenvalue weighted by molar-refractivity contribution is 5.81. The van der Waals surface area contributed by atoms with Crippen molar-refractivity contribution in [3.05, 3.63) is 23.8 Å². The third-order valence-corrected chi connectivity index (χ3v) is 3.68. The van der Waals surface area contributed by atoms with Crippen molar-refractivity contribution in [1.29, 1.82) is 0 Å². The zero-order chi connectivity index (χ0) is 14.1. The molecule has 2 aliphatic heterocycles. The standard InChI is InChI=1S/C14H15NO5/c16-13(15-4-3-10(7-15)14(17)18)6-9-1-2-11-12(5-9)20-8-19-11/h1-2,5,10H,3-4,6-8H2,(H,17,18)/t10-/m0/s1. The molecule has 1 aromatic carbocycles. The number of benzene rings is 1. The quantitative estimate of drug-likeness (QED) is 0.888. The van der Waals surface area contributed by atoms with Crippen LogP contribution in [0.15, 0.2) is 18.2 Å². The van der Waals surface area contributed by atoms with E-state index in [2.05, 4.69) is 0 Å². The Morgan fingerprint density at radius 2 is 2.10 bits per heavy atom. The monoisotopic (exact) mass is 277 g/mol. The molecule has 0 spiro atoms. The number of ether oxygens (including phenoxy) is 2. The number of nitrogens with zero attached hydrogens (tertiary/aromatic N) is 1. The molecule has 0 saturated carbocycles. The highest BCUT2D eigenvalue weighted by Gasteiger charge is 2.30. The largest absolute Gasteiger partial charge is 0.481 e. The highest BCUT2D eigenvalue weighted by Crippen LogP contribution is 2.32. The SMILES string of the molecule is O=C(O)[C@H]1CCN(C(=O)Cc2ccc3c(c2)OCO3)C1. The molecule has 0 aromatic heterocycles. The van der Waals surface area contributed by atoms with Crippen LogP contribution in [0.2, 0.25) is 0 Å². The van der Waals surface area contributed by atoms with Gasteiger partial charge < -0.3 is 19.5 Å². The fourth-order valence-corrected chi connectivity index (χ4v) is 2.53. The van der Waals surface area contributed by atoms with Gasteiger partial charge in [0.1, 0.15) is 0 Å². The average molecular weight is 277 g/mol. The second-order valence-corrected chi connectivity index (χ2v) is 5.03. The van der Waals surface area contributed by atoms with Gasteiger partial charge in [-0.3, -0.25) is 9.59 Å². The minimum atomic E-state index is -0.830. The fraction of sp³-hybridized carbons (Fsp3) is 0.429. The summed E-state index contributed by atoms with van der Waals surface area (Å²) in [4.78, 5) is 24.6. The van der Waals surface area contributed by atoms with Gasteiger partial charge in [0.2, 0.25) is 12.7 Å². The summed E-state index contributed by atoms with van der Waals surface area (Å²) in [7, 11) is 0. The van der Waals surface area contributed by atoms with E-state index in [1.54, 1.807) is 17.0 Å². The Kier molecular flexibility index (Phi) is 3.22. The molecular formula is C14H15NO5. The number of likely N-dealkylation sites (tertiary alicyclic amines) is 1. The topological polar surface area (TPSA) is 76.1 Å². The van der Waals surface area contributed by atoms with Gasteiger partial charge in [0.25, 0.3) is 0 Å². The molecular weight excluding hydrogens is 262 g/mol. The maximum absolute atomic E-state index is 12.1. The number of aliphatic carboxylic acids is 1. The van der Waals surface area contributed by atoms with Crippen molar-refractivity contribution >= 4 is 11.9 Å². The van der Waals surface area contributed by atoms with Gasteiger partial charge in [0.15, 0.2) is 11.5 Å². The van der Waals surface area contributed by atoms with Gasteiger partial charge in [-0.2, -0.15) is 0 Å². The van der Waals surface area contributed by atoms with Gasteiger partial charge in [-0.05, 0) is 24.1 Å². The molecule has 0 radical (unpaired) electrons. The lowest BCUT2D eigenvalue weighted by atomic mass is 10.1. The second kappa shape index (κ2) is 5.03. The molecule has 2 aliphatic rings. The van der Waals surface area contributed by atoms with Crippen molar-refractivity contribution in [3.63, 3.8) is 0 Å². The molecule has 0 bridgehead atoms. The van der Waals surface area contributed by atoms with E-state index in [0.717, 1.165) is 5.56 Å². The van der Waals surface area contributed by atoms with E-state index in [1.807, 2.05) is 6.07 Å². The van der Waals surface area contributed by atoms with Gasteiger partial charge in [-0.25, -0.2) is 0 Å². The van der Waals surface area contributed by atoms with Crippen molar-refractivity contribution in [1.82, 2.24) is 4.90 Å². The van der Waals surface area contributed by atoms with Crippen LogP contribution < -0.4 is 9.47 Å². The Morgan fingerprint density at radius 1 is 1.30 bits per heavy atom. The van der Waals surface area contributed by atoms with Crippen molar-refractivity contribution < 1.29 is 24.2 Å². The number of carbonyl (C=O) groups is 2. The maximum Gasteiger partial charge on any atom is 0.308 e. The first-order valence-electron chi connectivity index (χ1n) is 6.52. The van der Waals surface area contributed by atoms with Gasteiger partial charge >= 0.3 is 5.97 Å². The molecule has 3 rings (SSSR count). The molecule has 1 atom stereocenters. The average Bonchev–Trinajstić information content (AvgIpc) is 3.07. The molecule has 1 aromatic rings. The van der Waals surface area contributed by atoms with Crippen molar-refractivity contribution in [3.8, 4) is 11.5 Å². The summed E-state index contributed by atoms with van der Waals surface area (Å²) in [5.74, 6) is 0.0279. The third-order valence-electron chi connectivity index (χ3n) is 3.68.